The second kappa shape index (κ2) is 16.5. The van der Waals surface area contributed by atoms with E-state index in [-0.39, 0.29) is 31.8 Å². The molecule has 250 valence electrons. The smallest absolute Gasteiger partial charge is 0.322 e. The molecule has 6 rings (SSSR count). The van der Waals surface area contributed by atoms with Crippen LogP contribution < -0.4 is 5.32 Å². The Morgan fingerprint density at radius 3 is 2.02 bits per heavy atom. The lowest BCUT2D eigenvalue weighted by atomic mass is 9.94. The number of nitrogens with zero attached hydrogens (tertiary/aromatic N) is 1. The third-order valence-electron chi connectivity index (χ3n) is 8.72. The Balaban J connectivity index is 1.19. The third-order valence-corrected chi connectivity index (χ3v) is 8.72. The van der Waals surface area contributed by atoms with Crippen LogP contribution in [0.25, 0.3) is 0 Å². The number of hydrogen-bond acceptors (Lipinski definition) is 7. The molecule has 2 saturated heterocycles. The van der Waals surface area contributed by atoms with Crippen LogP contribution in [-0.4, -0.2) is 71.8 Å². The zero-order valence-corrected chi connectivity index (χ0v) is 26.8. The Hall–Kier alpha value is -4.54. The summed E-state index contributed by atoms with van der Waals surface area (Å²) >= 11 is 0. The van der Waals surface area contributed by atoms with Crippen LogP contribution in [0.3, 0.4) is 0 Å². The van der Waals surface area contributed by atoms with E-state index in [1.807, 2.05) is 121 Å². The van der Waals surface area contributed by atoms with Gasteiger partial charge in [-0.05, 0) is 35.2 Å². The minimum Gasteiger partial charge on any atom is -0.457 e. The van der Waals surface area contributed by atoms with Crippen molar-refractivity contribution in [1.82, 2.24) is 4.90 Å². The number of aliphatic hydroxyl groups excluding tert-OH is 1. The summed E-state index contributed by atoms with van der Waals surface area (Å²) in [5, 5.41) is 13.4. The molecule has 2 N–H and O–H groups in total. The van der Waals surface area contributed by atoms with Crippen molar-refractivity contribution >= 4 is 17.7 Å². The fourth-order valence-electron chi connectivity index (χ4n) is 6.34. The zero-order valence-electron chi connectivity index (χ0n) is 26.8. The summed E-state index contributed by atoms with van der Waals surface area (Å²) in [6, 6.07) is 38.4. The van der Waals surface area contributed by atoms with Crippen LogP contribution in [0, 0.1) is 0 Å². The standard InChI is InChI=1S/C39H42N2O7/c42-26-34-37(48-35(43)22-21-28-13-5-1-6-14-28)38(45-27-30-17-9-3-10-18-30)36-33(47-34)23-32(46-36)25-41(24-29-15-7-2-8-16-29)39(44)40-31-19-11-4-12-20-31/h1-20,32-34,36-38,42H,21-27H2,(H,40,44)/t32?,33-,34-,36+,37-,38-/m1/s1. The minimum absolute atomic E-state index is 0.173. The van der Waals surface area contributed by atoms with Crippen LogP contribution in [0.15, 0.2) is 121 Å². The highest BCUT2D eigenvalue weighted by Crippen LogP contribution is 2.37. The maximum atomic E-state index is 13.6. The molecule has 2 fully saturated rings. The van der Waals surface area contributed by atoms with Gasteiger partial charge in [0, 0.05) is 31.6 Å². The van der Waals surface area contributed by atoms with Crippen LogP contribution >= 0.6 is 0 Å². The highest BCUT2D eigenvalue weighted by Gasteiger charge is 2.53. The SMILES string of the molecule is O=C(CCc1ccccc1)O[C@H]1[C@H](OCc2ccccc2)[C@H]2OC(CN(Cc3ccccc3)C(=O)Nc3ccccc3)C[C@H]2O[C@@H]1CO. The van der Waals surface area contributed by atoms with Crippen molar-refractivity contribution in [3.63, 3.8) is 0 Å². The van der Waals surface area contributed by atoms with Crippen molar-refractivity contribution in [2.24, 2.45) is 0 Å². The van der Waals surface area contributed by atoms with E-state index in [0.717, 1.165) is 16.7 Å². The average Bonchev–Trinajstić information content (AvgIpc) is 3.53. The largest absolute Gasteiger partial charge is 0.457 e. The van der Waals surface area contributed by atoms with E-state index in [1.54, 1.807) is 4.90 Å². The molecule has 0 spiro atoms. The predicted octanol–water partition coefficient (Wildman–Crippen LogP) is 5.77. The number of benzene rings is 4. The maximum absolute atomic E-state index is 13.6. The molecule has 0 aliphatic carbocycles. The van der Waals surface area contributed by atoms with E-state index in [0.29, 0.717) is 31.6 Å². The van der Waals surface area contributed by atoms with Crippen molar-refractivity contribution in [3.8, 4) is 0 Å². The van der Waals surface area contributed by atoms with Gasteiger partial charge in [-0.2, -0.15) is 0 Å². The second-order valence-corrected chi connectivity index (χ2v) is 12.2. The number of nitrogens with one attached hydrogen (secondary N) is 1. The van der Waals surface area contributed by atoms with E-state index in [9.17, 15) is 14.7 Å². The number of hydrogen-bond donors (Lipinski definition) is 2. The molecule has 2 amide bonds. The van der Waals surface area contributed by atoms with E-state index < -0.39 is 36.5 Å². The van der Waals surface area contributed by atoms with Gasteiger partial charge in [0.05, 0.1) is 25.4 Å². The van der Waals surface area contributed by atoms with Crippen LogP contribution in [0.4, 0.5) is 10.5 Å². The Bertz CT molecular complexity index is 1580. The number of carbonyl (C=O) groups excluding carboxylic acids is 2. The summed E-state index contributed by atoms with van der Waals surface area (Å²) < 4.78 is 25.5. The average molecular weight is 651 g/mol. The molecule has 0 saturated carbocycles. The normalized spacial score (nSPS) is 23.2. The Kier molecular flexibility index (Phi) is 11.5. The van der Waals surface area contributed by atoms with Crippen molar-refractivity contribution in [2.75, 3.05) is 18.5 Å². The molecule has 2 aliphatic rings. The van der Waals surface area contributed by atoms with Crippen molar-refractivity contribution in [2.45, 2.75) is 69.0 Å². The highest BCUT2D eigenvalue weighted by atomic mass is 16.6. The number of aliphatic hydroxyl groups is 1. The van der Waals surface area contributed by atoms with Crippen molar-refractivity contribution in [3.05, 3.63) is 138 Å². The number of carbonyl (C=O) groups is 2. The first-order valence-corrected chi connectivity index (χ1v) is 16.5. The van der Waals surface area contributed by atoms with E-state index in [1.165, 1.54) is 0 Å². The van der Waals surface area contributed by atoms with Gasteiger partial charge in [-0.1, -0.05) is 109 Å². The first kappa shape index (κ1) is 33.4. The Morgan fingerprint density at radius 1 is 0.771 bits per heavy atom. The van der Waals surface area contributed by atoms with Gasteiger partial charge in [0.25, 0.3) is 0 Å². The lowest BCUT2D eigenvalue weighted by Gasteiger charge is -2.42. The number of esters is 1. The molecule has 6 atom stereocenters. The maximum Gasteiger partial charge on any atom is 0.322 e. The van der Waals surface area contributed by atoms with Crippen molar-refractivity contribution in [1.29, 1.82) is 0 Å². The summed E-state index contributed by atoms with van der Waals surface area (Å²) in [6.45, 7) is 0.582. The van der Waals surface area contributed by atoms with E-state index in [4.69, 9.17) is 18.9 Å². The van der Waals surface area contributed by atoms with Gasteiger partial charge in [0.15, 0.2) is 6.10 Å². The summed E-state index contributed by atoms with van der Waals surface area (Å²) in [5.74, 6) is -0.404. The number of amides is 2. The lowest BCUT2D eigenvalue weighted by molar-refractivity contribution is -0.243. The van der Waals surface area contributed by atoms with Gasteiger partial charge in [0.1, 0.15) is 18.3 Å². The van der Waals surface area contributed by atoms with Gasteiger partial charge in [-0.3, -0.25) is 4.79 Å². The van der Waals surface area contributed by atoms with E-state index in [2.05, 4.69) is 5.32 Å². The number of para-hydroxylation sites is 1. The molecule has 0 aromatic heterocycles. The molecule has 4 aromatic carbocycles. The number of ether oxygens (including phenoxy) is 4. The first-order valence-electron chi connectivity index (χ1n) is 16.5. The molecule has 2 heterocycles. The summed E-state index contributed by atoms with van der Waals surface area (Å²) in [4.78, 5) is 28.5. The fourth-order valence-corrected chi connectivity index (χ4v) is 6.34. The third kappa shape index (κ3) is 8.87. The number of rotatable bonds is 13. The molecule has 0 bridgehead atoms. The fraction of sp³-hybridized carbons (Fsp3) is 0.333. The quantitative estimate of drug-likeness (QED) is 0.177. The predicted molar refractivity (Wildman–Crippen MR) is 181 cm³/mol. The molecular weight excluding hydrogens is 608 g/mol. The van der Waals surface area contributed by atoms with Crippen LogP contribution in [-0.2, 0) is 43.3 Å². The van der Waals surface area contributed by atoms with E-state index >= 15 is 0 Å². The molecule has 4 aromatic rings. The summed E-state index contributed by atoms with van der Waals surface area (Å²) in [5.41, 5.74) is 3.67. The van der Waals surface area contributed by atoms with Gasteiger partial charge in [-0.15, -0.1) is 0 Å². The number of anilines is 1. The highest BCUT2D eigenvalue weighted by molar-refractivity contribution is 5.89. The second-order valence-electron chi connectivity index (χ2n) is 12.2. The molecular formula is C39H42N2O7. The molecule has 48 heavy (non-hydrogen) atoms. The van der Waals surface area contributed by atoms with Crippen LogP contribution in [0.2, 0.25) is 0 Å². The summed E-state index contributed by atoms with van der Waals surface area (Å²) in [6.07, 6.45) is -2.60. The molecule has 9 heteroatoms. The molecule has 0 radical (unpaired) electrons. The molecule has 9 nitrogen and oxygen atoms in total. The topological polar surface area (TPSA) is 107 Å². The van der Waals surface area contributed by atoms with Gasteiger partial charge in [-0.25, -0.2) is 4.79 Å². The first-order chi connectivity index (χ1) is 23.6. The Labute approximate surface area is 281 Å². The zero-order chi connectivity index (χ0) is 33.1. The van der Waals surface area contributed by atoms with Gasteiger partial charge in [0.2, 0.25) is 0 Å². The van der Waals surface area contributed by atoms with Crippen LogP contribution in [0.1, 0.15) is 29.5 Å². The van der Waals surface area contributed by atoms with Gasteiger partial charge < -0.3 is 34.3 Å². The molecule has 2 aliphatic heterocycles. The lowest BCUT2D eigenvalue weighted by Crippen LogP contribution is -2.59. The number of aryl methyl sites for hydroxylation is 1. The molecule has 1 unspecified atom stereocenters. The number of urea groups is 1. The Morgan fingerprint density at radius 2 is 1.38 bits per heavy atom. The van der Waals surface area contributed by atoms with Gasteiger partial charge >= 0.3 is 12.0 Å². The minimum atomic E-state index is -0.885. The van der Waals surface area contributed by atoms with Crippen molar-refractivity contribution < 1.29 is 33.6 Å². The summed E-state index contributed by atoms with van der Waals surface area (Å²) in [7, 11) is 0. The number of fused-ring (bicyclic) bond motifs is 1. The monoisotopic (exact) mass is 650 g/mol. The van der Waals surface area contributed by atoms with Crippen LogP contribution in [0.5, 0.6) is 0 Å².